The van der Waals surface area contributed by atoms with Gasteiger partial charge in [-0.3, -0.25) is 14.6 Å². The second-order valence-corrected chi connectivity index (χ2v) is 7.82. The zero-order valence-electron chi connectivity index (χ0n) is 16.6. The highest BCUT2D eigenvalue weighted by atomic mass is 19.2. The molecule has 1 saturated heterocycles. The summed E-state index contributed by atoms with van der Waals surface area (Å²) in [6.45, 7) is 7.11. The van der Waals surface area contributed by atoms with Gasteiger partial charge in [-0.25, -0.2) is 8.78 Å². The molecule has 6 nitrogen and oxygen atoms in total. The van der Waals surface area contributed by atoms with Gasteiger partial charge in [-0.1, -0.05) is 13.0 Å². The molecule has 0 unspecified atom stereocenters. The summed E-state index contributed by atoms with van der Waals surface area (Å²) in [5.41, 5.74) is 5.58. The van der Waals surface area contributed by atoms with Crippen LogP contribution in [0.15, 0.2) is 30.5 Å². The second kappa shape index (κ2) is 7.51. The van der Waals surface area contributed by atoms with E-state index in [4.69, 9.17) is 10.5 Å². The van der Waals surface area contributed by atoms with Gasteiger partial charge in [-0.2, -0.15) is 0 Å². The molecule has 0 spiro atoms. The molecule has 2 heterocycles. The van der Waals surface area contributed by atoms with Crippen LogP contribution in [-0.2, 0) is 9.53 Å². The number of primary amides is 1. The average molecular weight is 403 g/mol. The standard InChI is InChI=1S/C21H23F2N3O3/c1-10-13(5-6-14(22)17(10)23)16-11(2)21(3,4)29-18(16)20(28)26-12-7-8-25-15(9-12)19(24)27/h5-9,11,16,18H,1-4H3,(H2,24,27)(H,25,26,28)/t11-,16+,18-/m1/s1. The van der Waals surface area contributed by atoms with Crippen molar-refractivity contribution in [1.29, 1.82) is 0 Å². The minimum atomic E-state index is -0.936. The summed E-state index contributed by atoms with van der Waals surface area (Å²) in [7, 11) is 0. The van der Waals surface area contributed by atoms with Gasteiger partial charge in [0.15, 0.2) is 11.6 Å². The number of anilines is 1. The molecule has 3 N–H and O–H groups in total. The molecule has 2 aromatic rings. The Morgan fingerprint density at radius 2 is 1.93 bits per heavy atom. The number of aromatic nitrogens is 1. The van der Waals surface area contributed by atoms with Crippen LogP contribution in [0.1, 0.15) is 48.3 Å². The van der Waals surface area contributed by atoms with E-state index in [-0.39, 0.29) is 17.2 Å². The number of hydrogen-bond donors (Lipinski definition) is 2. The van der Waals surface area contributed by atoms with Crippen molar-refractivity contribution in [2.75, 3.05) is 5.32 Å². The first-order valence-corrected chi connectivity index (χ1v) is 9.22. The van der Waals surface area contributed by atoms with Gasteiger partial charge < -0.3 is 15.8 Å². The molecule has 3 rings (SSSR count). The van der Waals surface area contributed by atoms with Crippen LogP contribution >= 0.6 is 0 Å². The number of carbonyl (C=O) groups is 2. The topological polar surface area (TPSA) is 94.3 Å². The van der Waals surface area contributed by atoms with Gasteiger partial charge in [0.25, 0.3) is 11.8 Å². The van der Waals surface area contributed by atoms with Crippen LogP contribution in [0.2, 0.25) is 0 Å². The Morgan fingerprint density at radius 3 is 2.59 bits per heavy atom. The Balaban J connectivity index is 1.96. The van der Waals surface area contributed by atoms with Gasteiger partial charge in [-0.05, 0) is 56.0 Å². The number of ether oxygens (including phenoxy) is 1. The van der Waals surface area contributed by atoms with E-state index < -0.39 is 41.1 Å². The Hall–Kier alpha value is -2.87. The third-order valence-corrected chi connectivity index (χ3v) is 5.67. The molecule has 29 heavy (non-hydrogen) atoms. The lowest BCUT2D eigenvalue weighted by molar-refractivity contribution is -0.131. The van der Waals surface area contributed by atoms with Gasteiger partial charge in [0.2, 0.25) is 0 Å². The summed E-state index contributed by atoms with van der Waals surface area (Å²) in [4.78, 5) is 28.2. The maximum absolute atomic E-state index is 14.2. The number of pyridine rings is 1. The number of halogens is 2. The van der Waals surface area contributed by atoms with Gasteiger partial charge in [-0.15, -0.1) is 0 Å². The molecule has 0 bridgehead atoms. The van der Waals surface area contributed by atoms with Crippen LogP contribution in [-0.4, -0.2) is 28.5 Å². The highest BCUT2D eigenvalue weighted by molar-refractivity contribution is 5.97. The van der Waals surface area contributed by atoms with E-state index in [1.54, 1.807) is 0 Å². The van der Waals surface area contributed by atoms with E-state index in [1.807, 2.05) is 20.8 Å². The quantitative estimate of drug-likeness (QED) is 0.819. The van der Waals surface area contributed by atoms with Crippen molar-refractivity contribution in [3.8, 4) is 0 Å². The first-order chi connectivity index (χ1) is 13.5. The number of carbonyl (C=O) groups excluding carboxylic acids is 2. The lowest BCUT2D eigenvalue weighted by Crippen LogP contribution is -2.33. The number of benzene rings is 1. The monoisotopic (exact) mass is 403 g/mol. The highest BCUT2D eigenvalue weighted by Gasteiger charge is 2.51. The van der Waals surface area contributed by atoms with E-state index in [1.165, 1.54) is 31.3 Å². The minimum absolute atomic E-state index is 0.0110. The molecule has 1 aliphatic heterocycles. The van der Waals surface area contributed by atoms with Gasteiger partial charge in [0.1, 0.15) is 11.8 Å². The number of nitrogens with zero attached hydrogens (tertiary/aromatic N) is 1. The van der Waals surface area contributed by atoms with E-state index in [0.717, 1.165) is 6.07 Å². The molecule has 3 atom stereocenters. The van der Waals surface area contributed by atoms with Crippen LogP contribution in [0, 0.1) is 24.5 Å². The highest BCUT2D eigenvalue weighted by Crippen LogP contribution is 2.47. The first kappa shape index (κ1) is 20.9. The zero-order valence-corrected chi connectivity index (χ0v) is 16.6. The minimum Gasteiger partial charge on any atom is -0.364 e. The second-order valence-electron chi connectivity index (χ2n) is 7.82. The van der Waals surface area contributed by atoms with Crippen LogP contribution in [0.4, 0.5) is 14.5 Å². The van der Waals surface area contributed by atoms with Crippen LogP contribution in [0.3, 0.4) is 0 Å². The summed E-state index contributed by atoms with van der Waals surface area (Å²) in [6, 6.07) is 5.44. The van der Waals surface area contributed by atoms with E-state index in [2.05, 4.69) is 10.3 Å². The van der Waals surface area contributed by atoms with Crippen LogP contribution in [0.25, 0.3) is 0 Å². The largest absolute Gasteiger partial charge is 0.364 e. The molecule has 0 aliphatic carbocycles. The van der Waals surface area contributed by atoms with Crippen molar-refractivity contribution < 1.29 is 23.1 Å². The molecular formula is C21H23F2N3O3. The number of rotatable bonds is 4. The van der Waals surface area contributed by atoms with Gasteiger partial charge in [0.05, 0.1) is 5.60 Å². The van der Waals surface area contributed by atoms with Crippen molar-refractivity contribution in [3.63, 3.8) is 0 Å². The summed E-state index contributed by atoms with van der Waals surface area (Å²) < 4.78 is 33.8. The fourth-order valence-corrected chi connectivity index (χ4v) is 3.74. The van der Waals surface area contributed by atoms with Crippen molar-refractivity contribution in [2.24, 2.45) is 11.7 Å². The molecule has 8 heteroatoms. The molecule has 154 valence electrons. The number of nitrogens with two attached hydrogens (primary N) is 1. The average Bonchev–Trinajstić information content (AvgIpc) is 2.90. The molecule has 1 aromatic heterocycles. The lowest BCUT2D eigenvalue weighted by Gasteiger charge is -2.25. The first-order valence-electron chi connectivity index (χ1n) is 9.22. The van der Waals surface area contributed by atoms with Crippen molar-refractivity contribution in [3.05, 3.63) is 58.9 Å². The van der Waals surface area contributed by atoms with E-state index >= 15 is 0 Å². The third-order valence-electron chi connectivity index (χ3n) is 5.67. The van der Waals surface area contributed by atoms with Crippen LogP contribution in [0.5, 0.6) is 0 Å². The molecule has 1 aromatic carbocycles. The predicted octanol–water partition coefficient (Wildman–Crippen LogP) is 3.30. The third kappa shape index (κ3) is 3.85. The molecule has 0 saturated carbocycles. The fourth-order valence-electron chi connectivity index (χ4n) is 3.74. The SMILES string of the molecule is Cc1c([C@@H]2[C@@H](C)C(C)(C)O[C@H]2C(=O)Nc2ccnc(C(N)=O)c2)ccc(F)c1F. The Kier molecular flexibility index (Phi) is 5.40. The van der Waals surface area contributed by atoms with E-state index in [9.17, 15) is 18.4 Å². The predicted molar refractivity (Wildman–Crippen MR) is 103 cm³/mol. The summed E-state index contributed by atoms with van der Waals surface area (Å²) >= 11 is 0. The molecule has 2 amide bonds. The van der Waals surface area contributed by atoms with E-state index in [0.29, 0.717) is 11.3 Å². The summed E-state index contributed by atoms with van der Waals surface area (Å²) in [5, 5.41) is 2.70. The Morgan fingerprint density at radius 1 is 1.24 bits per heavy atom. The molecule has 1 fully saturated rings. The van der Waals surface area contributed by atoms with Crippen LogP contribution < -0.4 is 11.1 Å². The molecule has 0 radical (unpaired) electrons. The smallest absolute Gasteiger partial charge is 0.267 e. The van der Waals surface area contributed by atoms with Gasteiger partial charge in [0, 0.05) is 17.8 Å². The summed E-state index contributed by atoms with van der Waals surface area (Å²) in [6.07, 6.45) is 0.420. The maximum Gasteiger partial charge on any atom is 0.267 e. The fraction of sp³-hybridized carbons (Fsp3) is 0.381. The van der Waals surface area contributed by atoms with Gasteiger partial charge >= 0.3 is 0 Å². The summed E-state index contributed by atoms with van der Waals surface area (Å²) in [5.74, 6) is -3.69. The Bertz CT molecular complexity index is 978. The van der Waals surface area contributed by atoms with Crippen molar-refractivity contribution in [1.82, 2.24) is 4.98 Å². The Labute approximate surface area is 167 Å². The maximum atomic E-state index is 14.2. The normalized spacial score (nSPS) is 23.0. The molecular weight excluding hydrogens is 380 g/mol. The molecule has 1 aliphatic rings. The number of nitrogens with one attached hydrogen (secondary N) is 1. The number of hydrogen-bond acceptors (Lipinski definition) is 4. The number of amides is 2. The van der Waals surface area contributed by atoms with Crippen molar-refractivity contribution >= 4 is 17.5 Å². The lowest BCUT2D eigenvalue weighted by atomic mass is 9.77. The zero-order chi connectivity index (χ0) is 21.5. The van der Waals surface area contributed by atoms with Crippen molar-refractivity contribution in [2.45, 2.75) is 45.3 Å².